The molecule has 2 aromatic heterocycles. The normalized spacial score (nSPS) is 16.1. The predicted octanol–water partition coefficient (Wildman–Crippen LogP) is 3.63. The fraction of sp³-hybridized carbons (Fsp3) is 0.273. The molecule has 1 aliphatic rings. The first kappa shape index (κ1) is 20.3. The minimum absolute atomic E-state index is 0.00324. The van der Waals surface area contributed by atoms with Gasteiger partial charge in [-0.25, -0.2) is 9.97 Å². The molecule has 3 aromatic rings. The number of hydrogen-bond donors (Lipinski definition) is 2. The van der Waals surface area contributed by atoms with E-state index < -0.39 is 0 Å². The fourth-order valence-electron chi connectivity index (χ4n) is 3.59. The second-order valence-electron chi connectivity index (χ2n) is 7.10. The molecule has 2 N–H and O–H groups in total. The summed E-state index contributed by atoms with van der Waals surface area (Å²) in [5.74, 6) is 1.06. The van der Waals surface area contributed by atoms with Crippen molar-refractivity contribution in [1.82, 2.24) is 20.3 Å². The average Bonchev–Trinajstić information content (AvgIpc) is 2.81. The molecule has 30 heavy (non-hydrogen) atoms. The maximum Gasteiger partial charge on any atom is 0.259 e. The van der Waals surface area contributed by atoms with Crippen molar-refractivity contribution in [3.05, 3.63) is 65.6 Å². The number of pyridine rings is 1. The van der Waals surface area contributed by atoms with E-state index in [1.807, 2.05) is 24.3 Å². The number of halogens is 1. The molecule has 0 spiro atoms. The molecule has 7 nitrogen and oxygen atoms in total. The van der Waals surface area contributed by atoms with Gasteiger partial charge in [0, 0.05) is 30.9 Å². The van der Waals surface area contributed by atoms with E-state index in [2.05, 4.69) is 25.6 Å². The maximum atomic E-state index is 13.5. The molecule has 1 saturated heterocycles. The predicted molar refractivity (Wildman–Crippen MR) is 119 cm³/mol. The average molecular weight is 423 g/mol. The van der Waals surface area contributed by atoms with E-state index in [9.17, 15) is 4.79 Å². The number of carbonyl (C=O) groups is 1. The van der Waals surface area contributed by atoms with Gasteiger partial charge >= 0.3 is 0 Å². The largest absolute Gasteiger partial charge is 0.372 e. The van der Waals surface area contributed by atoms with Gasteiger partial charge in [-0.15, -0.1) is 0 Å². The number of carbonyl (C=O) groups excluding carboxylic acids is 1. The van der Waals surface area contributed by atoms with Crippen LogP contribution in [0.3, 0.4) is 0 Å². The standard InChI is InChI=1S/C22H23ClN6O/c1-24-20-14-26-13-19(28-20)15-6-8-16(9-7-15)22(30)29(17-4-2-10-25-12-17)21-18(23)5-3-11-27-21/h3,5-9,11,13-14,17,25H,2,4,10,12H2,1H3,(H,24,28)/t17-/m1/s1. The molecule has 3 heterocycles. The monoisotopic (exact) mass is 422 g/mol. The number of aromatic nitrogens is 3. The molecule has 1 fully saturated rings. The van der Waals surface area contributed by atoms with Crippen LogP contribution in [0.1, 0.15) is 23.2 Å². The molecule has 4 rings (SSSR count). The lowest BCUT2D eigenvalue weighted by atomic mass is 10.0. The van der Waals surface area contributed by atoms with Crippen molar-refractivity contribution in [2.45, 2.75) is 18.9 Å². The number of hydrogen-bond acceptors (Lipinski definition) is 6. The summed E-state index contributed by atoms with van der Waals surface area (Å²) in [4.78, 5) is 28.3. The molecule has 0 unspecified atom stereocenters. The number of benzene rings is 1. The molecule has 154 valence electrons. The van der Waals surface area contributed by atoms with Gasteiger partial charge in [0.2, 0.25) is 0 Å². The Hall–Kier alpha value is -3.03. The van der Waals surface area contributed by atoms with Crippen molar-refractivity contribution in [1.29, 1.82) is 0 Å². The number of piperidine rings is 1. The van der Waals surface area contributed by atoms with E-state index in [-0.39, 0.29) is 11.9 Å². The fourth-order valence-corrected chi connectivity index (χ4v) is 3.80. The van der Waals surface area contributed by atoms with E-state index in [1.54, 1.807) is 42.7 Å². The van der Waals surface area contributed by atoms with E-state index >= 15 is 0 Å². The SMILES string of the molecule is CNc1cncc(-c2ccc(C(=O)N(c3ncccc3Cl)[C@@H]3CCCNC3)cc2)n1. The van der Waals surface area contributed by atoms with Gasteiger partial charge in [0.05, 0.1) is 29.2 Å². The summed E-state index contributed by atoms with van der Waals surface area (Å²) in [6.45, 7) is 1.67. The maximum absolute atomic E-state index is 13.5. The first-order valence-corrected chi connectivity index (χ1v) is 10.3. The highest BCUT2D eigenvalue weighted by Crippen LogP contribution is 2.28. The molecular formula is C22H23ClN6O. The van der Waals surface area contributed by atoms with Crippen molar-refractivity contribution < 1.29 is 4.79 Å². The summed E-state index contributed by atoms with van der Waals surface area (Å²) in [7, 11) is 1.80. The number of anilines is 2. The first-order valence-electron chi connectivity index (χ1n) is 9.92. The van der Waals surface area contributed by atoms with Gasteiger partial charge in [-0.3, -0.25) is 14.7 Å². The lowest BCUT2D eigenvalue weighted by molar-refractivity contribution is 0.0971. The Morgan fingerprint density at radius 3 is 2.77 bits per heavy atom. The smallest absolute Gasteiger partial charge is 0.259 e. The zero-order valence-corrected chi connectivity index (χ0v) is 17.4. The van der Waals surface area contributed by atoms with Gasteiger partial charge in [0.15, 0.2) is 5.82 Å². The molecule has 1 aliphatic heterocycles. The van der Waals surface area contributed by atoms with Gasteiger partial charge in [0.25, 0.3) is 5.91 Å². The van der Waals surface area contributed by atoms with Crippen molar-refractivity contribution in [2.75, 3.05) is 30.4 Å². The zero-order chi connectivity index (χ0) is 20.9. The Labute approximate surface area is 180 Å². The number of nitrogens with zero attached hydrogens (tertiary/aromatic N) is 4. The van der Waals surface area contributed by atoms with Crippen molar-refractivity contribution in [3.63, 3.8) is 0 Å². The molecule has 0 radical (unpaired) electrons. The van der Waals surface area contributed by atoms with Crippen LogP contribution in [0.25, 0.3) is 11.3 Å². The Bertz CT molecular complexity index is 1020. The molecule has 0 bridgehead atoms. The lowest BCUT2D eigenvalue weighted by Gasteiger charge is -2.34. The Kier molecular flexibility index (Phi) is 6.21. The highest BCUT2D eigenvalue weighted by molar-refractivity contribution is 6.33. The van der Waals surface area contributed by atoms with Crippen molar-refractivity contribution in [3.8, 4) is 11.3 Å². The minimum Gasteiger partial charge on any atom is -0.372 e. The Morgan fingerprint density at radius 1 is 1.23 bits per heavy atom. The molecular weight excluding hydrogens is 400 g/mol. The lowest BCUT2D eigenvalue weighted by Crippen LogP contribution is -2.49. The van der Waals surface area contributed by atoms with Crippen LogP contribution in [0.2, 0.25) is 5.02 Å². The molecule has 0 aliphatic carbocycles. The van der Waals surface area contributed by atoms with Crippen LogP contribution in [0.5, 0.6) is 0 Å². The topological polar surface area (TPSA) is 83.0 Å². The summed E-state index contributed by atoms with van der Waals surface area (Å²) < 4.78 is 0. The van der Waals surface area contributed by atoms with E-state index in [0.717, 1.165) is 30.6 Å². The highest BCUT2D eigenvalue weighted by atomic mass is 35.5. The highest BCUT2D eigenvalue weighted by Gasteiger charge is 2.30. The van der Waals surface area contributed by atoms with Crippen LogP contribution in [-0.2, 0) is 0 Å². The van der Waals surface area contributed by atoms with Crippen molar-refractivity contribution in [2.24, 2.45) is 0 Å². The molecule has 1 amide bonds. The summed E-state index contributed by atoms with van der Waals surface area (Å²) in [5, 5.41) is 6.81. The summed E-state index contributed by atoms with van der Waals surface area (Å²) in [6.07, 6.45) is 6.92. The summed E-state index contributed by atoms with van der Waals surface area (Å²) >= 11 is 6.41. The van der Waals surface area contributed by atoms with Gasteiger partial charge in [-0.2, -0.15) is 0 Å². The van der Waals surface area contributed by atoms with Crippen LogP contribution in [0, 0.1) is 0 Å². The Morgan fingerprint density at radius 2 is 2.07 bits per heavy atom. The zero-order valence-electron chi connectivity index (χ0n) is 16.7. The molecule has 0 saturated carbocycles. The van der Waals surface area contributed by atoms with Gasteiger partial charge in [-0.05, 0) is 43.7 Å². The van der Waals surface area contributed by atoms with Crippen LogP contribution >= 0.6 is 11.6 Å². The van der Waals surface area contributed by atoms with Crippen LogP contribution < -0.4 is 15.5 Å². The van der Waals surface area contributed by atoms with Crippen LogP contribution in [0.15, 0.2) is 55.0 Å². The third-order valence-corrected chi connectivity index (χ3v) is 5.44. The quantitative estimate of drug-likeness (QED) is 0.653. The number of nitrogens with one attached hydrogen (secondary N) is 2. The molecule has 1 aromatic carbocycles. The summed E-state index contributed by atoms with van der Waals surface area (Å²) in [6, 6.07) is 10.9. The summed E-state index contributed by atoms with van der Waals surface area (Å²) in [5.41, 5.74) is 2.20. The van der Waals surface area contributed by atoms with Gasteiger partial charge in [-0.1, -0.05) is 23.7 Å². The van der Waals surface area contributed by atoms with Crippen molar-refractivity contribution >= 4 is 29.1 Å². The van der Waals surface area contributed by atoms with Crippen LogP contribution in [0.4, 0.5) is 11.6 Å². The number of rotatable bonds is 5. The molecule has 1 atom stereocenters. The van der Waals surface area contributed by atoms with Gasteiger partial charge in [0.1, 0.15) is 5.82 Å². The van der Waals surface area contributed by atoms with E-state index in [1.165, 1.54) is 0 Å². The van der Waals surface area contributed by atoms with Crippen LogP contribution in [-0.4, -0.2) is 47.0 Å². The minimum atomic E-state index is -0.120. The van der Waals surface area contributed by atoms with E-state index in [0.29, 0.717) is 28.8 Å². The molecule has 8 heteroatoms. The van der Waals surface area contributed by atoms with Gasteiger partial charge < -0.3 is 10.6 Å². The third kappa shape index (κ3) is 4.27. The number of amides is 1. The second kappa shape index (κ2) is 9.19. The second-order valence-corrected chi connectivity index (χ2v) is 7.51. The first-order chi connectivity index (χ1) is 14.7. The Balaban J connectivity index is 1.65. The van der Waals surface area contributed by atoms with E-state index in [4.69, 9.17) is 11.6 Å². The third-order valence-electron chi connectivity index (χ3n) is 5.14.